The minimum atomic E-state index is -0.359. The van der Waals surface area contributed by atoms with Crippen LogP contribution < -0.4 is 0 Å². The van der Waals surface area contributed by atoms with E-state index >= 15 is 0 Å². The SMILES string of the molecule is Cc1ccc(C)c([N+](=O)[O-])c1.OCCO. The summed E-state index contributed by atoms with van der Waals surface area (Å²) in [6.45, 7) is 3.32. The second-order valence-corrected chi connectivity index (χ2v) is 2.99. The summed E-state index contributed by atoms with van der Waals surface area (Å²) in [7, 11) is 0. The Morgan fingerprint density at radius 3 is 2.13 bits per heavy atom. The third-order valence-electron chi connectivity index (χ3n) is 1.66. The van der Waals surface area contributed by atoms with Crippen molar-refractivity contribution < 1.29 is 15.1 Å². The van der Waals surface area contributed by atoms with Crippen LogP contribution in [0.5, 0.6) is 0 Å². The maximum absolute atomic E-state index is 10.4. The molecule has 0 bridgehead atoms. The van der Waals surface area contributed by atoms with Crippen molar-refractivity contribution in [1.82, 2.24) is 0 Å². The standard InChI is InChI=1S/C8H9NO2.C2H6O2/c1-6-3-4-7(2)8(5-6)9(10)11;3-1-2-4/h3-5H,1-2H3;3-4H,1-2H2. The van der Waals surface area contributed by atoms with Crippen molar-refractivity contribution in [2.75, 3.05) is 13.2 Å². The van der Waals surface area contributed by atoms with Crippen molar-refractivity contribution >= 4 is 5.69 Å². The van der Waals surface area contributed by atoms with Gasteiger partial charge in [-0.15, -0.1) is 0 Å². The Morgan fingerprint density at radius 1 is 1.27 bits per heavy atom. The number of aliphatic hydroxyl groups is 2. The Labute approximate surface area is 88.1 Å². The maximum atomic E-state index is 10.4. The fourth-order valence-electron chi connectivity index (χ4n) is 0.916. The minimum Gasteiger partial charge on any atom is -0.394 e. The number of nitro benzene ring substituents is 1. The van der Waals surface area contributed by atoms with Crippen LogP contribution in [0.3, 0.4) is 0 Å². The fourth-order valence-corrected chi connectivity index (χ4v) is 0.916. The van der Waals surface area contributed by atoms with Crippen LogP contribution in [-0.4, -0.2) is 28.4 Å². The molecule has 0 saturated heterocycles. The molecule has 0 amide bonds. The molecule has 0 spiro atoms. The lowest BCUT2D eigenvalue weighted by Crippen LogP contribution is -1.91. The van der Waals surface area contributed by atoms with Gasteiger partial charge in [0.25, 0.3) is 5.69 Å². The summed E-state index contributed by atoms with van der Waals surface area (Å²) in [5, 5.41) is 25.6. The highest BCUT2D eigenvalue weighted by Gasteiger charge is 2.08. The summed E-state index contributed by atoms with van der Waals surface area (Å²) in [4.78, 5) is 10.0. The van der Waals surface area contributed by atoms with Crippen LogP contribution in [0.15, 0.2) is 18.2 Å². The average Bonchev–Trinajstić information content (AvgIpc) is 2.22. The lowest BCUT2D eigenvalue weighted by molar-refractivity contribution is -0.385. The van der Waals surface area contributed by atoms with Gasteiger partial charge in [0.05, 0.1) is 18.1 Å². The molecule has 0 aliphatic heterocycles. The van der Waals surface area contributed by atoms with Crippen LogP contribution in [0.1, 0.15) is 11.1 Å². The molecule has 84 valence electrons. The average molecular weight is 213 g/mol. The molecule has 2 N–H and O–H groups in total. The Hall–Kier alpha value is -1.46. The zero-order valence-corrected chi connectivity index (χ0v) is 8.80. The molecule has 0 saturated carbocycles. The third kappa shape index (κ3) is 5.09. The van der Waals surface area contributed by atoms with Crippen LogP contribution in [0.25, 0.3) is 0 Å². The van der Waals surface area contributed by atoms with Crippen molar-refractivity contribution in [3.8, 4) is 0 Å². The Bertz CT molecular complexity index is 323. The normalized spacial score (nSPS) is 9.07. The van der Waals surface area contributed by atoms with E-state index in [4.69, 9.17) is 10.2 Å². The van der Waals surface area contributed by atoms with Crippen LogP contribution in [0.4, 0.5) is 5.69 Å². The molecule has 0 atom stereocenters. The number of rotatable bonds is 2. The summed E-state index contributed by atoms with van der Waals surface area (Å²) in [6, 6.07) is 5.20. The van der Waals surface area contributed by atoms with Gasteiger partial charge in [-0.25, -0.2) is 0 Å². The van der Waals surface area contributed by atoms with Crippen LogP contribution in [0, 0.1) is 24.0 Å². The molecule has 1 aromatic carbocycles. The molecule has 1 aromatic rings. The van der Waals surface area contributed by atoms with E-state index in [1.54, 1.807) is 19.1 Å². The molecule has 1 rings (SSSR count). The van der Waals surface area contributed by atoms with Crippen LogP contribution in [-0.2, 0) is 0 Å². The summed E-state index contributed by atoms with van der Waals surface area (Å²) in [6.07, 6.45) is 0. The van der Waals surface area contributed by atoms with Gasteiger partial charge in [0.1, 0.15) is 0 Å². The first-order valence-electron chi connectivity index (χ1n) is 4.46. The predicted octanol–water partition coefficient (Wildman–Crippen LogP) is 1.18. The van der Waals surface area contributed by atoms with Crippen LogP contribution >= 0.6 is 0 Å². The zero-order valence-electron chi connectivity index (χ0n) is 8.80. The molecule has 0 aromatic heterocycles. The highest BCUT2D eigenvalue weighted by Crippen LogP contribution is 2.18. The van der Waals surface area contributed by atoms with Gasteiger partial charge in [0.2, 0.25) is 0 Å². The van der Waals surface area contributed by atoms with Crippen molar-refractivity contribution in [3.63, 3.8) is 0 Å². The lowest BCUT2D eigenvalue weighted by Gasteiger charge is -1.96. The number of benzene rings is 1. The monoisotopic (exact) mass is 213 g/mol. The van der Waals surface area contributed by atoms with E-state index in [1.165, 1.54) is 0 Å². The van der Waals surface area contributed by atoms with Gasteiger partial charge >= 0.3 is 0 Å². The van der Waals surface area contributed by atoms with E-state index < -0.39 is 0 Å². The number of aryl methyl sites for hydroxylation is 2. The maximum Gasteiger partial charge on any atom is 0.272 e. The van der Waals surface area contributed by atoms with Crippen molar-refractivity contribution in [3.05, 3.63) is 39.4 Å². The first-order valence-corrected chi connectivity index (χ1v) is 4.46. The third-order valence-corrected chi connectivity index (χ3v) is 1.66. The Kier molecular flexibility index (Phi) is 6.24. The largest absolute Gasteiger partial charge is 0.394 e. The van der Waals surface area contributed by atoms with E-state index in [1.807, 2.05) is 13.0 Å². The molecule has 0 aliphatic rings. The molecule has 5 heteroatoms. The molecule has 0 heterocycles. The quantitative estimate of drug-likeness (QED) is 0.570. The topological polar surface area (TPSA) is 83.6 Å². The number of hydrogen-bond donors (Lipinski definition) is 2. The number of hydrogen-bond acceptors (Lipinski definition) is 4. The van der Waals surface area contributed by atoms with Gasteiger partial charge in [0.15, 0.2) is 0 Å². The molecule has 0 radical (unpaired) electrons. The molecular formula is C10H15NO4. The summed E-state index contributed by atoms with van der Waals surface area (Å²) in [5.74, 6) is 0. The molecular weight excluding hydrogens is 198 g/mol. The van der Waals surface area contributed by atoms with Crippen molar-refractivity contribution in [2.45, 2.75) is 13.8 Å². The van der Waals surface area contributed by atoms with Gasteiger partial charge in [-0.1, -0.05) is 12.1 Å². The second kappa shape index (κ2) is 6.92. The van der Waals surface area contributed by atoms with E-state index in [0.29, 0.717) is 5.56 Å². The van der Waals surface area contributed by atoms with Gasteiger partial charge in [-0.2, -0.15) is 0 Å². The second-order valence-electron chi connectivity index (χ2n) is 2.99. The van der Waals surface area contributed by atoms with E-state index in [2.05, 4.69) is 0 Å². The minimum absolute atomic E-state index is 0.125. The van der Waals surface area contributed by atoms with Gasteiger partial charge < -0.3 is 10.2 Å². The molecule has 0 aliphatic carbocycles. The lowest BCUT2D eigenvalue weighted by atomic mass is 10.1. The molecule has 0 unspecified atom stereocenters. The predicted molar refractivity (Wildman–Crippen MR) is 56.7 cm³/mol. The van der Waals surface area contributed by atoms with Crippen LogP contribution in [0.2, 0.25) is 0 Å². The van der Waals surface area contributed by atoms with Crippen molar-refractivity contribution in [1.29, 1.82) is 0 Å². The number of aliphatic hydroxyl groups excluding tert-OH is 2. The fraction of sp³-hybridized carbons (Fsp3) is 0.400. The van der Waals surface area contributed by atoms with Crippen molar-refractivity contribution in [2.24, 2.45) is 0 Å². The molecule has 0 fully saturated rings. The first-order chi connectivity index (χ1) is 7.02. The van der Waals surface area contributed by atoms with E-state index in [0.717, 1.165) is 5.56 Å². The highest BCUT2D eigenvalue weighted by atomic mass is 16.6. The Balaban J connectivity index is 0.000000423. The van der Waals surface area contributed by atoms with Gasteiger partial charge in [-0.05, 0) is 19.4 Å². The number of nitro groups is 1. The summed E-state index contributed by atoms with van der Waals surface area (Å²) < 4.78 is 0. The van der Waals surface area contributed by atoms with Gasteiger partial charge in [-0.3, -0.25) is 10.1 Å². The first kappa shape index (κ1) is 13.5. The molecule has 5 nitrogen and oxygen atoms in total. The summed E-state index contributed by atoms with van der Waals surface area (Å²) >= 11 is 0. The summed E-state index contributed by atoms with van der Waals surface area (Å²) in [5.41, 5.74) is 1.83. The smallest absolute Gasteiger partial charge is 0.272 e. The number of nitrogens with zero attached hydrogens (tertiary/aromatic N) is 1. The van der Waals surface area contributed by atoms with Gasteiger partial charge in [0, 0.05) is 11.6 Å². The highest BCUT2D eigenvalue weighted by molar-refractivity contribution is 5.41. The zero-order chi connectivity index (χ0) is 11.8. The Morgan fingerprint density at radius 2 is 1.80 bits per heavy atom. The molecule has 15 heavy (non-hydrogen) atoms. The van der Waals surface area contributed by atoms with E-state index in [-0.39, 0.29) is 23.8 Å². The van der Waals surface area contributed by atoms with E-state index in [9.17, 15) is 10.1 Å².